The number of amides is 1. The number of rotatable bonds is 6. The molecule has 0 saturated carbocycles. The van der Waals surface area contributed by atoms with Crippen molar-refractivity contribution in [2.45, 2.75) is 20.0 Å². The van der Waals surface area contributed by atoms with Crippen LogP contribution in [0.2, 0.25) is 0 Å². The van der Waals surface area contributed by atoms with E-state index in [-0.39, 0.29) is 19.7 Å². The zero-order chi connectivity index (χ0) is 11.9. The molecule has 0 aromatic heterocycles. The Balaban J connectivity index is 4.04. The van der Waals surface area contributed by atoms with Crippen molar-refractivity contribution >= 4 is 5.91 Å². The van der Waals surface area contributed by atoms with Crippen LogP contribution in [-0.2, 0) is 4.79 Å². The fourth-order valence-electron chi connectivity index (χ4n) is 0.812. The molecule has 3 N–H and O–H groups in total. The van der Waals surface area contributed by atoms with Gasteiger partial charge in [0.2, 0.25) is 5.91 Å². The van der Waals surface area contributed by atoms with E-state index in [1.807, 2.05) is 0 Å². The minimum Gasteiger partial charge on any atom is -0.396 e. The maximum atomic E-state index is 11.3. The van der Waals surface area contributed by atoms with Crippen molar-refractivity contribution in [3.05, 3.63) is 10.4 Å². The molecule has 1 amide bonds. The monoisotopic (exact) mass is 216 g/mol. The summed E-state index contributed by atoms with van der Waals surface area (Å²) in [5.41, 5.74) is 7.08. The standard InChI is InChI=1S/C8H16N4O3/c1-8(2,5-13)6(14)7(15)10-3-4-11-12-9/h6,13-14H,3-5H2,1-2H3,(H,10,15)/t6-/m0/s1. The summed E-state index contributed by atoms with van der Waals surface area (Å²) >= 11 is 0. The molecule has 7 nitrogen and oxygen atoms in total. The third-order valence-electron chi connectivity index (χ3n) is 1.97. The molecule has 1 atom stereocenters. The highest BCUT2D eigenvalue weighted by Crippen LogP contribution is 2.19. The third kappa shape index (κ3) is 4.64. The van der Waals surface area contributed by atoms with Gasteiger partial charge in [0.1, 0.15) is 6.10 Å². The molecule has 86 valence electrons. The van der Waals surface area contributed by atoms with E-state index in [4.69, 9.17) is 10.6 Å². The number of carbonyl (C=O) groups is 1. The predicted molar refractivity (Wildman–Crippen MR) is 53.9 cm³/mol. The first-order chi connectivity index (χ1) is 6.95. The van der Waals surface area contributed by atoms with Crippen LogP contribution in [0.5, 0.6) is 0 Å². The van der Waals surface area contributed by atoms with Gasteiger partial charge in [-0.05, 0) is 5.53 Å². The molecule has 15 heavy (non-hydrogen) atoms. The summed E-state index contributed by atoms with van der Waals surface area (Å²) in [7, 11) is 0. The molecule has 0 spiro atoms. The average Bonchev–Trinajstić information content (AvgIpc) is 2.23. The van der Waals surface area contributed by atoms with E-state index in [9.17, 15) is 9.90 Å². The van der Waals surface area contributed by atoms with Gasteiger partial charge in [0.25, 0.3) is 0 Å². The molecule has 0 heterocycles. The van der Waals surface area contributed by atoms with Gasteiger partial charge in [0.05, 0.1) is 6.61 Å². The zero-order valence-electron chi connectivity index (χ0n) is 8.84. The average molecular weight is 216 g/mol. The van der Waals surface area contributed by atoms with Gasteiger partial charge in [-0.3, -0.25) is 4.79 Å². The van der Waals surface area contributed by atoms with E-state index < -0.39 is 17.4 Å². The Morgan fingerprint density at radius 3 is 2.73 bits per heavy atom. The topological polar surface area (TPSA) is 118 Å². The molecule has 0 fully saturated rings. The number of carbonyl (C=O) groups excluding carboxylic acids is 1. The van der Waals surface area contributed by atoms with E-state index in [1.54, 1.807) is 13.8 Å². The van der Waals surface area contributed by atoms with Crippen molar-refractivity contribution in [3.63, 3.8) is 0 Å². The lowest BCUT2D eigenvalue weighted by Crippen LogP contribution is -2.46. The lowest BCUT2D eigenvalue weighted by Gasteiger charge is -2.26. The van der Waals surface area contributed by atoms with Crippen molar-refractivity contribution in [2.75, 3.05) is 19.7 Å². The first-order valence-electron chi connectivity index (χ1n) is 4.53. The number of hydrogen-bond donors (Lipinski definition) is 3. The molecule has 0 radical (unpaired) electrons. The molecule has 7 heteroatoms. The van der Waals surface area contributed by atoms with Crippen LogP contribution in [0.25, 0.3) is 10.4 Å². The summed E-state index contributed by atoms with van der Waals surface area (Å²) in [6.45, 7) is 3.16. The largest absolute Gasteiger partial charge is 0.396 e. The van der Waals surface area contributed by atoms with Crippen LogP contribution in [0.15, 0.2) is 5.11 Å². The van der Waals surface area contributed by atoms with E-state index in [0.717, 1.165) is 0 Å². The van der Waals surface area contributed by atoms with Crippen LogP contribution in [0.3, 0.4) is 0 Å². The summed E-state index contributed by atoms with van der Waals surface area (Å²) in [6.07, 6.45) is -1.28. The lowest BCUT2D eigenvalue weighted by molar-refractivity contribution is -0.137. The number of aliphatic hydroxyl groups excluding tert-OH is 2. The molecular weight excluding hydrogens is 200 g/mol. The molecule has 0 saturated heterocycles. The predicted octanol–water partition coefficient (Wildman–Crippen LogP) is -0.208. The quantitative estimate of drug-likeness (QED) is 0.247. The van der Waals surface area contributed by atoms with Gasteiger partial charge in [-0.2, -0.15) is 0 Å². The molecule has 0 aliphatic carbocycles. The van der Waals surface area contributed by atoms with Crippen LogP contribution >= 0.6 is 0 Å². The Labute approximate surface area is 87.7 Å². The van der Waals surface area contributed by atoms with E-state index >= 15 is 0 Å². The third-order valence-corrected chi connectivity index (χ3v) is 1.97. The number of nitrogens with one attached hydrogen (secondary N) is 1. The number of nitrogens with zero attached hydrogens (tertiary/aromatic N) is 3. The van der Waals surface area contributed by atoms with Gasteiger partial charge in [0, 0.05) is 23.4 Å². The normalized spacial score (nSPS) is 12.8. The first-order valence-corrected chi connectivity index (χ1v) is 4.53. The second-order valence-electron chi connectivity index (χ2n) is 3.79. The molecule has 0 rings (SSSR count). The molecular formula is C8H16N4O3. The smallest absolute Gasteiger partial charge is 0.249 e. The van der Waals surface area contributed by atoms with Gasteiger partial charge >= 0.3 is 0 Å². The molecule has 0 aromatic carbocycles. The second-order valence-corrected chi connectivity index (χ2v) is 3.79. The Morgan fingerprint density at radius 2 is 2.27 bits per heavy atom. The number of azide groups is 1. The summed E-state index contributed by atoms with van der Waals surface area (Å²) in [5.74, 6) is -0.581. The summed E-state index contributed by atoms with van der Waals surface area (Å²) in [5, 5.41) is 24.1. The molecule has 0 aromatic rings. The fraction of sp³-hybridized carbons (Fsp3) is 0.875. The Morgan fingerprint density at radius 1 is 1.67 bits per heavy atom. The lowest BCUT2D eigenvalue weighted by atomic mass is 9.87. The maximum absolute atomic E-state index is 11.3. The van der Waals surface area contributed by atoms with E-state index in [2.05, 4.69) is 15.3 Å². The minimum atomic E-state index is -1.28. The highest BCUT2D eigenvalue weighted by molar-refractivity contribution is 5.81. The molecule has 0 unspecified atom stereocenters. The maximum Gasteiger partial charge on any atom is 0.249 e. The summed E-state index contributed by atoms with van der Waals surface area (Å²) in [6, 6.07) is 0. The van der Waals surface area contributed by atoms with E-state index in [0.29, 0.717) is 0 Å². The second kappa shape index (κ2) is 6.23. The fourth-order valence-corrected chi connectivity index (χ4v) is 0.812. The molecule has 0 aliphatic heterocycles. The van der Waals surface area contributed by atoms with Crippen molar-refractivity contribution < 1.29 is 15.0 Å². The zero-order valence-corrected chi connectivity index (χ0v) is 8.84. The molecule has 0 aliphatic rings. The highest BCUT2D eigenvalue weighted by atomic mass is 16.3. The van der Waals surface area contributed by atoms with Crippen LogP contribution in [0.1, 0.15) is 13.8 Å². The van der Waals surface area contributed by atoms with Crippen molar-refractivity contribution in [3.8, 4) is 0 Å². The minimum absolute atomic E-state index is 0.133. The number of aliphatic hydroxyl groups is 2. The van der Waals surface area contributed by atoms with Gasteiger partial charge in [-0.25, -0.2) is 0 Å². The highest BCUT2D eigenvalue weighted by Gasteiger charge is 2.32. The van der Waals surface area contributed by atoms with Crippen LogP contribution < -0.4 is 5.32 Å². The van der Waals surface area contributed by atoms with Crippen molar-refractivity contribution in [2.24, 2.45) is 10.5 Å². The van der Waals surface area contributed by atoms with Crippen molar-refractivity contribution in [1.29, 1.82) is 0 Å². The van der Waals surface area contributed by atoms with Crippen LogP contribution in [0, 0.1) is 5.41 Å². The summed E-state index contributed by atoms with van der Waals surface area (Å²) < 4.78 is 0. The van der Waals surface area contributed by atoms with E-state index in [1.165, 1.54) is 0 Å². The molecule has 0 bridgehead atoms. The van der Waals surface area contributed by atoms with Gasteiger partial charge in [-0.1, -0.05) is 19.0 Å². The number of hydrogen-bond acceptors (Lipinski definition) is 4. The summed E-state index contributed by atoms with van der Waals surface area (Å²) in [4.78, 5) is 13.8. The SMILES string of the molecule is CC(C)(CO)[C@@H](O)C(=O)NCCN=[N+]=[N-]. The first kappa shape index (κ1) is 13.7. The van der Waals surface area contributed by atoms with Crippen molar-refractivity contribution in [1.82, 2.24) is 5.32 Å². The van der Waals surface area contributed by atoms with Gasteiger partial charge in [0.15, 0.2) is 0 Å². The van der Waals surface area contributed by atoms with Gasteiger partial charge < -0.3 is 15.5 Å². The van der Waals surface area contributed by atoms with Crippen LogP contribution in [0.4, 0.5) is 0 Å². The Hall–Kier alpha value is -1.30. The van der Waals surface area contributed by atoms with Crippen LogP contribution in [-0.4, -0.2) is 41.9 Å². The Kier molecular flexibility index (Phi) is 5.69. The Bertz CT molecular complexity index is 261. The van der Waals surface area contributed by atoms with Gasteiger partial charge in [-0.15, -0.1) is 0 Å².